The number of halogens is 3. The van der Waals surface area contributed by atoms with Crippen molar-refractivity contribution in [3.8, 4) is 0 Å². The zero-order chi connectivity index (χ0) is 11.2. The molecule has 4 heteroatoms. The normalized spacial score (nSPS) is 20.7. The van der Waals surface area contributed by atoms with Gasteiger partial charge in [0.1, 0.15) is 5.76 Å². The molecule has 0 N–H and O–H groups in total. The molecular formula is C10H15F3O. The highest BCUT2D eigenvalue weighted by Crippen LogP contribution is 2.28. The zero-order valence-corrected chi connectivity index (χ0v) is 8.56. The Morgan fingerprint density at radius 2 is 1.93 bits per heavy atom. The Kier molecular flexibility index (Phi) is 5.35. The molecule has 0 spiro atoms. The van der Waals surface area contributed by atoms with Crippen LogP contribution < -0.4 is 0 Å². The number of rotatable bonds is 1. The second-order valence-electron chi connectivity index (χ2n) is 2.68. The molecule has 0 aromatic heterocycles. The molecule has 0 saturated carbocycles. The maximum atomic E-state index is 11.7. The van der Waals surface area contributed by atoms with Gasteiger partial charge in [-0.1, -0.05) is 32.9 Å². The van der Waals surface area contributed by atoms with Crippen LogP contribution in [0.2, 0.25) is 0 Å². The molecule has 1 aliphatic carbocycles. The molecule has 82 valence electrons. The fourth-order valence-electron chi connectivity index (χ4n) is 0.994. The van der Waals surface area contributed by atoms with Crippen molar-refractivity contribution < 1.29 is 17.9 Å². The minimum Gasteiger partial charge on any atom is -0.410 e. The topological polar surface area (TPSA) is 9.23 Å². The zero-order valence-electron chi connectivity index (χ0n) is 8.56. The van der Waals surface area contributed by atoms with E-state index in [9.17, 15) is 13.2 Å². The third-order valence-corrected chi connectivity index (χ3v) is 1.61. The van der Waals surface area contributed by atoms with Crippen molar-refractivity contribution in [2.45, 2.75) is 33.6 Å². The average molecular weight is 208 g/mol. The van der Waals surface area contributed by atoms with Crippen molar-refractivity contribution in [3.05, 3.63) is 24.0 Å². The molecule has 0 fully saturated rings. The summed E-state index contributed by atoms with van der Waals surface area (Å²) in [5, 5.41) is 0. The lowest BCUT2D eigenvalue weighted by molar-refractivity contribution is -0.308. The first-order valence-electron chi connectivity index (χ1n) is 4.61. The summed E-state index contributed by atoms with van der Waals surface area (Å²) >= 11 is 0. The van der Waals surface area contributed by atoms with Gasteiger partial charge < -0.3 is 4.74 Å². The van der Waals surface area contributed by atoms with Gasteiger partial charge in [-0.05, 0) is 12.5 Å². The average Bonchev–Trinajstić information content (AvgIpc) is 2.10. The van der Waals surface area contributed by atoms with E-state index >= 15 is 0 Å². The number of hydrogen-bond donors (Lipinski definition) is 0. The molecule has 1 nitrogen and oxygen atoms in total. The maximum Gasteiger partial charge on any atom is 0.572 e. The number of allylic oxidation sites excluding steroid dienone is 4. The Labute approximate surface area is 82.3 Å². The maximum absolute atomic E-state index is 11.7. The van der Waals surface area contributed by atoms with Gasteiger partial charge in [-0.15, -0.1) is 13.2 Å². The Morgan fingerprint density at radius 3 is 2.36 bits per heavy atom. The predicted octanol–water partition coefficient (Wildman–Crippen LogP) is 4.03. The summed E-state index contributed by atoms with van der Waals surface area (Å²) in [7, 11) is 0. The van der Waals surface area contributed by atoms with Crippen LogP contribution in [0.15, 0.2) is 24.0 Å². The molecule has 1 unspecified atom stereocenters. The SMILES string of the molecule is CC.CC1CC=CC=C1OC(F)(F)F. The summed E-state index contributed by atoms with van der Waals surface area (Å²) in [4.78, 5) is 0. The molecule has 0 bridgehead atoms. The molecule has 0 heterocycles. The molecule has 0 radical (unpaired) electrons. The van der Waals surface area contributed by atoms with Gasteiger partial charge in [0.25, 0.3) is 0 Å². The van der Waals surface area contributed by atoms with Crippen molar-refractivity contribution in [1.29, 1.82) is 0 Å². The van der Waals surface area contributed by atoms with Crippen LogP contribution in [0.25, 0.3) is 0 Å². The largest absolute Gasteiger partial charge is 0.572 e. The standard InChI is InChI=1S/C8H9F3O.C2H6/c1-6-4-2-3-5-7(6)12-8(9,10)11;1-2/h2-3,5-6H,4H2,1H3;1-2H3. The van der Waals surface area contributed by atoms with E-state index in [1.165, 1.54) is 6.08 Å². The molecular weight excluding hydrogens is 193 g/mol. The first-order valence-corrected chi connectivity index (χ1v) is 4.61. The summed E-state index contributed by atoms with van der Waals surface area (Å²) in [6, 6.07) is 0. The molecule has 1 atom stereocenters. The van der Waals surface area contributed by atoms with Crippen LogP contribution in [-0.4, -0.2) is 6.36 Å². The van der Waals surface area contributed by atoms with E-state index in [1.807, 2.05) is 19.9 Å². The summed E-state index contributed by atoms with van der Waals surface area (Å²) < 4.78 is 39.0. The van der Waals surface area contributed by atoms with E-state index in [-0.39, 0.29) is 11.7 Å². The lowest BCUT2D eigenvalue weighted by Gasteiger charge is -2.18. The van der Waals surface area contributed by atoms with Crippen LogP contribution in [-0.2, 0) is 4.74 Å². The van der Waals surface area contributed by atoms with Crippen LogP contribution in [0.3, 0.4) is 0 Å². The van der Waals surface area contributed by atoms with Crippen molar-refractivity contribution in [2.24, 2.45) is 5.92 Å². The van der Waals surface area contributed by atoms with E-state index in [1.54, 1.807) is 13.0 Å². The van der Waals surface area contributed by atoms with Gasteiger partial charge in [0.2, 0.25) is 0 Å². The summed E-state index contributed by atoms with van der Waals surface area (Å²) in [5.74, 6) is -0.193. The minimum absolute atomic E-state index is 0.00926. The molecule has 0 aromatic carbocycles. The molecule has 0 aliphatic heterocycles. The smallest absolute Gasteiger partial charge is 0.410 e. The quantitative estimate of drug-likeness (QED) is 0.632. The van der Waals surface area contributed by atoms with Crippen LogP contribution in [0, 0.1) is 5.92 Å². The van der Waals surface area contributed by atoms with Gasteiger partial charge in [-0.25, -0.2) is 0 Å². The minimum atomic E-state index is -4.56. The van der Waals surface area contributed by atoms with Gasteiger partial charge in [0.05, 0.1) is 0 Å². The van der Waals surface area contributed by atoms with Crippen LogP contribution in [0.4, 0.5) is 13.2 Å². The second-order valence-corrected chi connectivity index (χ2v) is 2.68. The van der Waals surface area contributed by atoms with Gasteiger partial charge in [0.15, 0.2) is 0 Å². The first-order chi connectivity index (χ1) is 6.49. The number of hydrogen-bond acceptors (Lipinski definition) is 1. The van der Waals surface area contributed by atoms with Crippen molar-refractivity contribution in [3.63, 3.8) is 0 Å². The highest BCUT2D eigenvalue weighted by Gasteiger charge is 2.33. The van der Waals surface area contributed by atoms with Crippen molar-refractivity contribution in [2.75, 3.05) is 0 Å². The number of alkyl halides is 3. The monoisotopic (exact) mass is 208 g/mol. The highest BCUT2D eigenvalue weighted by molar-refractivity contribution is 5.15. The summed E-state index contributed by atoms with van der Waals surface area (Å²) in [5.41, 5.74) is 0. The molecule has 0 aromatic rings. The Hall–Kier alpha value is -0.930. The van der Waals surface area contributed by atoms with E-state index in [4.69, 9.17) is 0 Å². The van der Waals surface area contributed by atoms with Gasteiger partial charge >= 0.3 is 6.36 Å². The van der Waals surface area contributed by atoms with Crippen LogP contribution >= 0.6 is 0 Å². The summed E-state index contributed by atoms with van der Waals surface area (Å²) in [6.45, 7) is 5.70. The molecule has 14 heavy (non-hydrogen) atoms. The van der Waals surface area contributed by atoms with Gasteiger partial charge in [-0.2, -0.15) is 0 Å². The fourth-order valence-corrected chi connectivity index (χ4v) is 0.994. The first kappa shape index (κ1) is 13.1. The van der Waals surface area contributed by atoms with Gasteiger partial charge in [0, 0.05) is 5.92 Å². The third-order valence-electron chi connectivity index (χ3n) is 1.61. The molecule has 0 amide bonds. The molecule has 1 rings (SSSR count). The van der Waals surface area contributed by atoms with E-state index in [0.717, 1.165) is 0 Å². The lowest BCUT2D eigenvalue weighted by Crippen LogP contribution is -2.17. The molecule has 0 saturated heterocycles. The van der Waals surface area contributed by atoms with Crippen molar-refractivity contribution in [1.82, 2.24) is 0 Å². The second kappa shape index (κ2) is 5.73. The highest BCUT2D eigenvalue weighted by atomic mass is 19.4. The van der Waals surface area contributed by atoms with E-state index in [0.29, 0.717) is 6.42 Å². The fraction of sp³-hybridized carbons (Fsp3) is 0.600. The van der Waals surface area contributed by atoms with Gasteiger partial charge in [-0.3, -0.25) is 0 Å². The predicted molar refractivity (Wildman–Crippen MR) is 49.5 cm³/mol. The van der Waals surface area contributed by atoms with E-state index < -0.39 is 6.36 Å². The third kappa shape index (κ3) is 4.94. The Bertz CT molecular complexity index is 216. The van der Waals surface area contributed by atoms with Crippen LogP contribution in [0.5, 0.6) is 0 Å². The number of ether oxygens (including phenoxy) is 1. The Morgan fingerprint density at radius 1 is 1.36 bits per heavy atom. The van der Waals surface area contributed by atoms with Crippen molar-refractivity contribution >= 4 is 0 Å². The van der Waals surface area contributed by atoms with Crippen LogP contribution in [0.1, 0.15) is 27.2 Å². The van der Waals surface area contributed by atoms with E-state index in [2.05, 4.69) is 4.74 Å². The molecule has 1 aliphatic rings. The Balaban J connectivity index is 0.000000791. The summed E-state index contributed by atoms with van der Waals surface area (Å²) in [6.07, 6.45) is 0.768. The lowest BCUT2D eigenvalue weighted by atomic mass is 10.0.